The maximum absolute atomic E-state index is 7.80. The van der Waals surface area contributed by atoms with Crippen LogP contribution in [-0.4, -0.2) is 20.5 Å². The van der Waals surface area contributed by atoms with E-state index in [0.717, 1.165) is 28.7 Å². The molecule has 0 aromatic heterocycles. The number of hydrogen-bond acceptors (Lipinski definition) is 2. The van der Waals surface area contributed by atoms with Crippen molar-refractivity contribution in [3.63, 3.8) is 0 Å². The molecular formula is C19H27BN2. The lowest BCUT2D eigenvalue weighted by molar-refractivity contribution is 1.10. The van der Waals surface area contributed by atoms with E-state index in [0.29, 0.717) is 5.61 Å². The first-order valence-corrected chi connectivity index (χ1v) is 7.45. The van der Waals surface area contributed by atoms with Crippen molar-refractivity contribution in [3.05, 3.63) is 84.2 Å². The van der Waals surface area contributed by atoms with E-state index in [2.05, 4.69) is 25.4 Å². The quantitative estimate of drug-likeness (QED) is 0.378. The van der Waals surface area contributed by atoms with Gasteiger partial charge in [-0.15, -0.1) is 0 Å². The maximum atomic E-state index is 7.80. The second-order valence-electron chi connectivity index (χ2n) is 4.86. The highest BCUT2D eigenvalue weighted by atomic mass is 14.8. The van der Waals surface area contributed by atoms with Crippen LogP contribution in [0.15, 0.2) is 84.2 Å². The van der Waals surface area contributed by atoms with Gasteiger partial charge in [0.05, 0.1) is 0 Å². The van der Waals surface area contributed by atoms with E-state index in [1.54, 1.807) is 7.85 Å². The molecular weight excluding hydrogens is 267 g/mol. The smallest absolute Gasteiger partial charge is 0.163 e. The largest absolute Gasteiger partial charge is 0.394 e. The Bertz CT molecular complexity index is 558. The van der Waals surface area contributed by atoms with Crippen molar-refractivity contribution in [1.82, 2.24) is 5.32 Å². The Hall–Kier alpha value is -2.29. The van der Waals surface area contributed by atoms with Gasteiger partial charge < -0.3 is 10.7 Å². The Balaban J connectivity index is 5.36. The summed E-state index contributed by atoms with van der Waals surface area (Å²) < 4.78 is 0. The fourth-order valence-electron chi connectivity index (χ4n) is 1.53. The lowest BCUT2D eigenvalue weighted by atomic mass is 9.92. The second kappa shape index (κ2) is 11.4. The van der Waals surface area contributed by atoms with Crippen molar-refractivity contribution in [2.24, 2.45) is 0 Å². The highest BCUT2D eigenvalue weighted by Gasteiger charge is 1.99. The summed E-state index contributed by atoms with van der Waals surface area (Å²) in [4.78, 5) is 0. The van der Waals surface area contributed by atoms with Crippen molar-refractivity contribution in [2.75, 3.05) is 7.05 Å². The molecule has 0 aliphatic carbocycles. The summed E-state index contributed by atoms with van der Waals surface area (Å²) in [6.07, 6.45) is 16.4. The van der Waals surface area contributed by atoms with Crippen molar-refractivity contribution in [3.8, 4) is 0 Å². The van der Waals surface area contributed by atoms with Crippen LogP contribution in [0.25, 0.3) is 0 Å². The molecule has 116 valence electrons. The topological polar surface area (TPSA) is 35.9 Å². The fourth-order valence-corrected chi connectivity index (χ4v) is 1.53. The van der Waals surface area contributed by atoms with Crippen LogP contribution in [0.5, 0.6) is 0 Å². The molecule has 0 amide bonds. The molecule has 0 radical (unpaired) electrons. The number of nitrogens with one attached hydrogen (secondary N) is 2. The summed E-state index contributed by atoms with van der Waals surface area (Å²) in [6, 6.07) is 0. The molecule has 0 fully saturated rings. The van der Waals surface area contributed by atoms with Crippen LogP contribution in [-0.2, 0) is 0 Å². The van der Waals surface area contributed by atoms with Gasteiger partial charge in [-0.05, 0) is 48.0 Å². The van der Waals surface area contributed by atoms with Crippen LogP contribution in [0, 0.1) is 5.41 Å². The third-order valence-corrected chi connectivity index (χ3v) is 2.98. The molecule has 0 heterocycles. The zero-order chi connectivity index (χ0) is 17.0. The maximum Gasteiger partial charge on any atom is 0.163 e. The van der Waals surface area contributed by atoms with E-state index >= 15 is 0 Å². The molecule has 2 N–H and O–H groups in total. The van der Waals surface area contributed by atoms with Crippen LogP contribution in [0.1, 0.15) is 20.3 Å². The minimum atomic E-state index is 0.524. The predicted octanol–water partition coefficient (Wildman–Crippen LogP) is 3.84. The molecule has 0 aromatic carbocycles. The van der Waals surface area contributed by atoms with Gasteiger partial charge in [-0.1, -0.05) is 62.1 Å². The molecule has 0 aliphatic rings. The summed E-state index contributed by atoms with van der Waals surface area (Å²) >= 11 is 0. The summed E-state index contributed by atoms with van der Waals surface area (Å²) in [5.41, 5.74) is 4.33. The number of hydrogen-bond donors (Lipinski definition) is 2. The normalized spacial score (nSPS) is 13.2. The van der Waals surface area contributed by atoms with Gasteiger partial charge in [0.2, 0.25) is 0 Å². The SMILES string of the molecule is BC(=N)C(/C=C\C(=C)C(/C=C\NC)=C/C(=C)CC)=C/C=C/C. The molecule has 0 spiro atoms. The zero-order valence-corrected chi connectivity index (χ0v) is 14.2. The Labute approximate surface area is 136 Å². The predicted molar refractivity (Wildman–Crippen MR) is 103 cm³/mol. The van der Waals surface area contributed by atoms with E-state index in [1.807, 2.05) is 62.7 Å². The van der Waals surface area contributed by atoms with E-state index in [4.69, 9.17) is 5.41 Å². The summed E-state index contributed by atoms with van der Waals surface area (Å²) in [6.45, 7) is 12.2. The minimum absolute atomic E-state index is 0.524. The van der Waals surface area contributed by atoms with Gasteiger partial charge in [-0.25, -0.2) is 0 Å². The van der Waals surface area contributed by atoms with E-state index < -0.39 is 0 Å². The van der Waals surface area contributed by atoms with Crippen molar-refractivity contribution in [2.45, 2.75) is 20.3 Å². The van der Waals surface area contributed by atoms with Gasteiger partial charge >= 0.3 is 0 Å². The lowest BCUT2D eigenvalue weighted by Crippen LogP contribution is -1.97. The molecule has 0 bridgehead atoms. The van der Waals surface area contributed by atoms with Crippen LogP contribution in [0.3, 0.4) is 0 Å². The third kappa shape index (κ3) is 8.10. The minimum Gasteiger partial charge on any atom is -0.394 e. The Morgan fingerprint density at radius 1 is 1.18 bits per heavy atom. The van der Waals surface area contributed by atoms with Crippen molar-refractivity contribution >= 4 is 13.5 Å². The Kier molecular flexibility index (Phi) is 10.2. The molecule has 22 heavy (non-hydrogen) atoms. The Morgan fingerprint density at radius 2 is 1.86 bits per heavy atom. The van der Waals surface area contributed by atoms with Gasteiger partial charge in [-0.2, -0.15) is 0 Å². The van der Waals surface area contributed by atoms with E-state index in [9.17, 15) is 0 Å². The standard InChI is InChI=1S/C19H27BN2/c1-6-8-9-17(19(20)21)11-10-16(4)18(12-13-22-5)14-15(3)7-2/h6,8-14,21-22H,3-4,7,20H2,1-2,5H3/b8-6+,11-10-,13-12-,17-9+,18-14+,21-19?. The van der Waals surface area contributed by atoms with Crippen molar-refractivity contribution < 1.29 is 0 Å². The highest BCUT2D eigenvalue weighted by Crippen LogP contribution is 2.16. The highest BCUT2D eigenvalue weighted by molar-refractivity contribution is 6.63. The monoisotopic (exact) mass is 294 g/mol. The third-order valence-electron chi connectivity index (χ3n) is 2.98. The first-order valence-electron chi connectivity index (χ1n) is 7.45. The van der Waals surface area contributed by atoms with E-state index in [1.165, 1.54) is 0 Å². The van der Waals surface area contributed by atoms with Gasteiger partial charge in [0.15, 0.2) is 7.85 Å². The van der Waals surface area contributed by atoms with Crippen molar-refractivity contribution in [1.29, 1.82) is 5.41 Å². The van der Waals surface area contributed by atoms with Gasteiger partial charge in [-0.3, -0.25) is 0 Å². The molecule has 0 saturated heterocycles. The molecule has 0 atom stereocenters. The molecule has 0 aromatic rings. The van der Waals surface area contributed by atoms with Crippen LogP contribution in [0.2, 0.25) is 0 Å². The molecule has 0 aliphatic heterocycles. The summed E-state index contributed by atoms with van der Waals surface area (Å²) in [5.74, 6) is 0. The lowest BCUT2D eigenvalue weighted by Gasteiger charge is -2.05. The van der Waals surface area contributed by atoms with E-state index in [-0.39, 0.29) is 0 Å². The van der Waals surface area contributed by atoms with Gasteiger partial charge in [0, 0.05) is 7.05 Å². The average Bonchev–Trinajstić information content (AvgIpc) is 2.50. The molecule has 3 heteroatoms. The van der Waals surface area contributed by atoms with Gasteiger partial charge in [0.25, 0.3) is 0 Å². The van der Waals surface area contributed by atoms with Crippen LogP contribution in [0.4, 0.5) is 0 Å². The van der Waals surface area contributed by atoms with Gasteiger partial charge in [0.1, 0.15) is 0 Å². The second-order valence-corrected chi connectivity index (χ2v) is 4.86. The molecule has 0 saturated carbocycles. The van der Waals surface area contributed by atoms with Crippen LogP contribution < -0.4 is 5.32 Å². The fraction of sp³-hybridized carbons (Fsp3) is 0.211. The Morgan fingerprint density at radius 3 is 2.36 bits per heavy atom. The molecule has 0 rings (SSSR count). The number of rotatable bonds is 9. The molecule has 0 unspecified atom stereocenters. The zero-order valence-electron chi connectivity index (χ0n) is 14.2. The van der Waals surface area contributed by atoms with Crippen LogP contribution >= 0.6 is 0 Å². The first kappa shape index (κ1) is 19.7. The first-order chi connectivity index (χ1) is 10.5. The average molecular weight is 294 g/mol. The number of allylic oxidation sites excluding steroid dienone is 11. The summed E-state index contributed by atoms with van der Waals surface area (Å²) in [5, 5.41) is 10.8. The molecule has 2 nitrogen and oxygen atoms in total. The summed E-state index contributed by atoms with van der Waals surface area (Å²) in [7, 11) is 3.64.